The Hall–Kier alpha value is -2.09. The van der Waals surface area contributed by atoms with Crippen molar-refractivity contribution in [2.24, 2.45) is 0 Å². The molecular formula is C17H18O2. The summed E-state index contributed by atoms with van der Waals surface area (Å²) in [7, 11) is 0. The minimum atomic E-state index is -0.314. The van der Waals surface area contributed by atoms with E-state index >= 15 is 0 Å². The molecule has 19 heavy (non-hydrogen) atoms. The molecule has 0 fully saturated rings. The normalized spacial score (nSPS) is 10.3. The van der Waals surface area contributed by atoms with Gasteiger partial charge in [-0.3, -0.25) is 0 Å². The van der Waals surface area contributed by atoms with Crippen LogP contribution in [0.15, 0.2) is 42.5 Å². The molecule has 2 heteroatoms. The molecule has 0 bridgehead atoms. The van der Waals surface area contributed by atoms with E-state index in [4.69, 9.17) is 4.74 Å². The predicted octanol–water partition coefficient (Wildman–Crippen LogP) is 4.09. The van der Waals surface area contributed by atoms with Crippen molar-refractivity contribution in [1.29, 1.82) is 0 Å². The van der Waals surface area contributed by atoms with Crippen LogP contribution in [-0.4, -0.2) is 5.97 Å². The van der Waals surface area contributed by atoms with Crippen molar-refractivity contribution in [2.45, 2.75) is 27.2 Å². The first kappa shape index (κ1) is 13.3. The summed E-state index contributed by atoms with van der Waals surface area (Å²) in [6, 6.07) is 13.2. The fraction of sp³-hybridized carbons (Fsp3) is 0.235. The first-order valence-electron chi connectivity index (χ1n) is 6.48. The van der Waals surface area contributed by atoms with Gasteiger partial charge in [-0.2, -0.15) is 0 Å². The Bertz CT molecular complexity index is 583. The van der Waals surface area contributed by atoms with Crippen LogP contribution in [-0.2, 0) is 6.42 Å². The van der Waals surface area contributed by atoms with Gasteiger partial charge in [0.25, 0.3) is 0 Å². The lowest BCUT2D eigenvalue weighted by Gasteiger charge is -2.07. The van der Waals surface area contributed by atoms with Crippen molar-refractivity contribution < 1.29 is 9.53 Å². The highest BCUT2D eigenvalue weighted by molar-refractivity contribution is 5.91. The Morgan fingerprint density at radius 2 is 1.68 bits per heavy atom. The van der Waals surface area contributed by atoms with Crippen LogP contribution in [0.5, 0.6) is 5.75 Å². The number of carbonyl (C=O) groups is 1. The van der Waals surface area contributed by atoms with E-state index < -0.39 is 0 Å². The Morgan fingerprint density at radius 3 is 2.26 bits per heavy atom. The topological polar surface area (TPSA) is 26.3 Å². The molecule has 0 aliphatic carbocycles. The number of ether oxygens (including phenoxy) is 1. The molecule has 0 radical (unpaired) electrons. The lowest BCUT2D eigenvalue weighted by Crippen LogP contribution is -2.08. The molecule has 0 saturated carbocycles. The van der Waals surface area contributed by atoms with Crippen LogP contribution < -0.4 is 4.74 Å². The number of carbonyl (C=O) groups excluding carboxylic acids is 1. The lowest BCUT2D eigenvalue weighted by atomic mass is 10.1. The van der Waals surface area contributed by atoms with Gasteiger partial charge in [-0.15, -0.1) is 0 Å². The SMILES string of the molecule is CCc1ccc(C(=O)Oc2ccc(C)c(C)c2)cc1. The monoisotopic (exact) mass is 254 g/mol. The standard InChI is InChI=1S/C17H18O2/c1-4-14-6-8-15(9-7-14)17(18)19-16-10-5-12(2)13(3)11-16/h5-11H,4H2,1-3H3. The van der Waals surface area contributed by atoms with E-state index in [1.165, 1.54) is 11.1 Å². The van der Waals surface area contributed by atoms with Crippen molar-refractivity contribution >= 4 is 5.97 Å². The number of benzene rings is 2. The van der Waals surface area contributed by atoms with Crippen molar-refractivity contribution in [3.05, 3.63) is 64.7 Å². The zero-order valence-corrected chi connectivity index (χ0v) is 11.6. The maximum atomic E-state index is 12.0. The molecule has 2 aromatic rings. The fourth-order valence-corrected chi connectivity index (χ4v) is 1.82. The van der Waals surface area contributed by atoms with Gasteiger partial charge in [-0.1, -0.05) is 25.1 Å². The average molecular weight is 254 g/mol. The zero-order valence-electron chi connectivity index (χ0n) is 11.6. The van der Waals surface area contributed by atoms with Crippen LogP contribution in [0.3, 0.4) is 0 Å². The predicted molar refractivity (Wildman–Crippen MR) is 76.7 cm³/mol. The van der Waals surface area contributed by atoms with Gasteiger partial charge in [0.05, 0.1) is 5.56 Å². The van der Waals surface area contributed by atoms with Gasteiger partial charge in [0.2, 0.25) is 0 Å². The summed E-state index contributed by atoms with van der Waals surface area (Å²) >= 11 is 0. The van der Waals surface area contributed by atoms with Gasteiger partial charge in [-0.05, 0) is 61.2 Å². The maximum Gasteiger partial charge on any atom is 0.343 e. The molecule has 0 amide bonds. The Morgan fingerprint density at radius 1 is 1.00 bits per heavy atom. The smallest absolute Gasteiger partial charge is 0.343 e. The second kappa shape index (κ2) is 5.70. The van der Waals surface area contributed by atoms with Crippen molar-refractivity contribution in [2.75, 3.05) is 0 Å². The highest BCUT2D eigenvalue weighted by Crippen LogP contribution is 2.18. The highest BCUT2D eigenvalue weighted by atomic mass is 16.5. The van der Waals surface area contributed by atoms with E-state index in [1.807, 2.05) is 56.3 Å². The molecule has 2 aromatic carbocycles. The van der Waals surface area contributed by atoms with E-state index in [9.17, 15) is 4.79 Å². The van der Waals surface area contributed by atoms with E-state index in [1.54, 1.807) is 0 Å². The minimum absolute atomic E-state index is 0.314. The third-order valence-corrected chi connectivity index (χ3v) is 3.29. The number of aryl methyl sites for hydroxylation is 3. The van der Waals surface area contributed by atoms with Gasteiger partial charge in [0, 0.05) is 0 Å². The van der Waals surface area contributed by atoms with E-state index in [-0.39, 0.29) is 5.97 Å². The third kappa shape index (κ3) is 3.22. The number of hydrogen-bond donors (Lipinski definition) is 0. The van der Waals surface area contributed by atoms with E-state index in [0.717, 1.165) is 12.0 Å². The Balaban J connectivity index is 2.13. The first-order chi connectivity index (χ1) is 9.10. The largest absolute Gasteiger partial charge is 0.423 e. The average Bonchev–Trinajstić information content (AvgIpc) is 2.43. The van der Waals surface area contributed by atoms with Crippen LogP contribution in [0, 0.1) is 13.8 Å². The Kier molecular flexibility index (Phi) is 4.00. The summed E-state index contributed by atoms with van der Waals surface area (Å²) in [5, 5.41) is 0. The summed E-state index contributed by atoms with van der Waals surface area (Å²) in [4.78, 5) is 12.0. The number of hydrogen-bond acceptors (Lipinski definition) is 2. The number of rotatable bonds is 3. The molecule has 0 spiro atoms. The number of esters is 1. The third-order valence-electron chi connectivity index (χ3n) is 3.29. The molecule has 0 N–H and O–H groups in total. The Labute approximate surface area is 114 Å². The summed E-state index contributed by atoms with van der Waals surface area (Å²) in [5.41, 5.74) is 4.09. The summed E-state index contributed by atoms with van der Waals surface area (Å²) in [6.07, 6.45) is 0.965. The van der Waals surface area contributed by atoms with Crippen LogP contribution in [0.4, 0.5) is 0 Å². The van der Waals surface area contributed by atoms with Crippen molar-refractivity contribution in [1.82, 2.24) is 0 Å². The molecule has 2 rings (SSSR count). The molecule has 98 valence electrons. The van der Waals surface area contributed by atoms with Gasteiger partial charge >= 0.3 is 5.97 Å². The highest BCUT2D eigenvalue weighted by Gasteiger charge is 2.08. The molecule has 0 aliphatic rings. The second-order valence-electron chi connectivity index (χ2n) is 4.69. The molecule has 0 unspecified atom stereocenters. The zero-order chi connectivity index (χ0) is 13.8. The van der Waals surface area contributed by atoms with Gasteiger partial charge in [0.15, 0.2) is 0 Å². The molecular weight excluding hydrogens is 236 g/mol. The minimum Gasteiger partial charge on any atom is -0.423 e. The fourth-order valence-electron chi connectivity index (χ4n) is 1.82. The van der Waals surface area contributed by atoms with Gasteiger partial charge < -0.3 is 4.74 Å². The van der Waals surface area contributed by atoms with Gasteiger partial charge in [-0.25, -0.2) is 4.79 Å². The van der Waals surface area contributed by atoms with Gasteiger partial charge in [0.1, 0.15) is 5.75 Å². The quantitative estimate of drug-likeness (QED) is 0.609. The first-order valence-corrected chi connectivity index (χ1v) is 6.48. The van der Waals surface area contributed by atoms with Crippen LogP contribution in [0.1, 0.15) is 34.0 Å². The van der Waals surface area contributed by atoms with Crippen LogP contribution in [0.2, 0.25) is 0 Å². The molecule has 0 aliphatic heterocycles. The summed E-state index contributed by atoms with van der Waals surface area (Å²) in [6.45, 7) is 6.12. The maximum absolute atomic E-state index is 12.0. The molecule has 0 saturated heterocycles. The summed E-state index contributed by atoms with van der Waals surface area (Å²) < 4.78 is 5.37. The molecule has 2 nitrogen and oxygen atoms in total. The van der Waals surface area contributed by atoms with Crippen molar-refractivity contribution in [3.63, 3.8) is 0 Å². The molecule has 0 atom stereocenters. The van der Waals surface area contributed by atoms with E-state index in [2.05, 4.69) is 6.92 Å². The lowest BCUT2D eigenvalue weighted by molar-refractivity contribution is 0.0734. The molecule has 0 heterocycles. The molecule has 0 aromatic heterocycles. The second-order valence-corrected chi connectivity index (χ2v) is 4.69. The van der Waals surface area contributed by atoms with E-state index in [0.29, 0.717) is 11.3 Å². The summed E-state index contributed by atoms with van der Waals surface area (Å²) in [5.74, 6) is 0.276. The van der Waals surface area contributed by atoms with Crippen molar-refractivity contribution in [3.8, 4) is 5.75 Å². The van der Waals surface area contributed by atoms with Crippen LogP contribution >= 0.6 is 0 Å². The van der Waals surface area contributed by atoms with Crippen LogP contribution in [0.25, 0.3) is 0 Å².